The zero-order valence-corrected chi connectivity index (χ0v) is 11.2. The number of nitrogens with one attached hydrogen (secondary N) is 1. The predicted molar refractivity (Wildman–Crippen MR) is 72.8 cm³/mol. The monoisotopic (exact) mass is 265 g/mol. The summed E-state index contributed by atoms with van der Waals surface area (Å²) in [6.07, 6.45) is 5.64. The van der Waals surface area contributed by atoms with Crippen molar-refractivity contribution in [3.63, 3.8) is 0 Å². The second kappa shape index (κ2) is 4.99. The molecule has 1 saturated carbocycles. The Hall–Kier alpha value is -1.92. The van der Waals surface area contributed by atoms with Crippen LogP contribution in [0.2, 0.25) is 0 Å². The molecule has 0 aromatic carbocycles. The van der Waals surface area contributed by atoms with E-state index in [0.717, 1.165) is 19.3 Å². The van der Waals surface area contributed by atoms with Crippen molar-refractivity contribution < 1.29 is 4.92 Å². The van der Waals surface area contributed by atoms with Gasteiger partial charge in [-0.05, 0) is 18.3 Å². The molecule has 0 bridgehead atoms. The summed E-state index contributed by atoms with van der Waals surface area (Å²) in [6.45, 7) is 4.33. The van der Waals surface area contributed by atoms with Gasteiger partial charge in [-0.1, -0.05) is 26.7 Å². The van der Waals surface area contributed by atoms with Crippen molar-refractivity contribution in [3.05, 3.63) is 16.4 Å². The Morgan fingerprint density at radius 3 is 2.84 bits per heavy atom. The molecule has 1 atom stereocenters. The summed E-state index contributed by atoms with van der Waals surface area (Å²) >= 11 is 0. The fourth-order valence-electron chi connectivity index (χ4n) is 2.60. The Morgan fingerprint density at radius 1 is 1.47 bits per heavy atom. The molecule has 1 fully saturated rings. The molecule has 104 valence electrons. The highest BCUT2D eigenvalue weighted by molar-refractivity contribution is 5.67. The number of hydrogen-bond donors (Lipinski definition) is 2. The maximum atomic E-state index is 11.1. The number of hydrogen-bond acceptors (Lipinski definition) is 6. The van der Waals surface area contributed by atoms with Crippen molar-refractivity contribution in [2.24, 2.45) is 5.41 Å². The van der Waals surface area contributed by atoms with Crippen molar-refractivity contribution in [2.75, 3.05) is 11.1 Å². The largest absolute Gasteiger partial charge is 0.378 e. The normalized spacial score (nSPS) is 21.9. The molecular formula is C12H19N5O2. The quantitative estimate of drug-likeness (QED) is 0.641. The van der Waals surface area contributed by atoms with Crippen LogP contribution in [0.15, 0.2) is 6.33 Å². The molecule has 1 unspecified atom stereocenters. The molecule has 0 amide bonds. The zero-order valence-electron chi connectivity index (χ0n) is 11.2. The van der Waals surface area contributed by atoms with Gasteiger partial charge in [-0.2, -0.15) is 0 Å². The van der Waals surface area contributed by atoms with E-state index in [9.17, 15) is 10.1 Å². The molecule has 2 rings (SSSR count). The minimum absolute atomic E-state index is 0.0891. The van der Waals surface area contributed by atoms with Crippen molar-refractivity contribution in [3.8, 4) is 0 Å². The van der Waals surface area contributed by atoms with Crippen molar-refractivity contribution in [1.29, 1.82) is 0 Å². The third-order valence-electron chi connectivity index (χ3n) is 3.85. The minimum Gasteiger partial charge on any atom is -0.378 e. The molecule has 1 heterocycles. The number of aromatic nitrogens is 2. The molecule has 1 aromatic heterocycles. The summed E-state index contributed by atoms with van der Waals surface area (Å²) < 4.78 is 0. The average molecular weight is 265 g/mol. The van der Waals surface area contributed by atoms with E-state index in [1.807, 2.05) is 0 Å². The molecule has 1 aromatic rings. The van der Waals surface area contributed by atoms with Crippen LogP contribution in [0, 0.1) is 15.5 Å². The predicted octanol–water partition coefficient (Wildman–Crippen LogP) is 2.35. The average Bonchev–Trinajstić information content (AvgIpc) is 2.31. The topological polar surface area (TPSA) is 107 Å². The van der Waals surface area contributed by atoms with E-state index in [2.05, 4.69) is 29.1 Å². The Bertz CT molecular complexity index is 489. The lowest BCUT2D eigenvalue weighted by Crippen LogP contribution is -2.39. The van der Waals surface area contributed by atoms with Crippen LogP contribution in [-0.4, -0.2) is 20.9 Å². The molecule has 0 spiro atoms. The van der Waals surface area contributed by atoms with Crippen molar-refractivity contribution in [2.45, 2.75) is 45.6 Å². The van der Waals surface area contributed by atoms with Crippen molar-refractivity contribution in [1.82, 2.24) is 9.97 Å². The van der Waals surface area contributed by atoms with Crippen LogP contribution >= 0.6 is 0 Å². The van der Waals surface area contributed by atoms with E-state index in [1.165, 1.54) is 12.7 Å². The highest BCUT2D eigenvalue weighted by Crippen LogP contribution is 2.38. The van der Waals surface area contributed by atoms with E-state index in [-0.39, 0.29) is 28.8 Å². The molecule has 7 nitrogen and oxygen atoms in total. The zero-order chi connectivity index (χ0) is 14.0. The van der Waals surface area contributed by atoms with Crippen LogP contribution in [-0.2, 0) is 0 Å². The van der Waals surface area contributed by atoms with E-state index >= 15 is 0 Å². The van der Waals surface area contributed by atoms with Gasteiger partial charge in [0.25, 0.3) is 0 Å². The van der Waals surface area contributed by atoms with Gasteiger partial charge in [0.2, 0.25) is 11.6 Å². The van der Waals surface area contributed by atoms with Gasteiger partial charge >= 0.3 is 5.69 Å². The summed E-state index contributed by atoms with van der Waals surface area (Å²) in [5.74, 6) is 0.119. The Labute approximate surface area is 111 Å². The van der Waals surface area contributed by atoms with E-state index < -0.39 is 4.92 Å². The summed E-state index contributed by atoms with van der Waals surface area (Å²) in [7, 11) is 0. The standard InChI is InChI=1S/C12H19N5O2/c1-12(2)6-4-3-5-8(12)16-11-9(17(18)19)10(13)14-7-15-11/h7-8H,3-6H2,1-2H3,(H3,13,14,15,16). The molecule has 3 N–H and O–H groups in total. The lowest BCUT2D eigenvalue weighted by atomic mass is 9.73. The SMILES string of the molecule is CC1(C)CCCCC1Nc1ncnc(N)c1[N+](=O)[O-]. The first-order chi connectivity index (χ1) is 8.92. The highest BCUT2D eigenvalue weighted by atomic mass is 16.6. The van der Waals surface area contributed by atoms with Gasteiger partial charge in [0, 0.05) is 6.04 Å². The second-order valence-corrected chi connectivity index (χ2v) is 5.64. The molecule has 1 aliphatic rings. The van der Waals surface area contributed by atoms with E-state index in [4.69, 9.17) is 5.73 Å². The molecule has 0 aliphatic heterocycles. The summed E-state index contributed by atoms with van der Waals surface area (Å²) in [6, 6.07) is 0.161. The van der Waals surface area contributed by atoms with E-state index in [0.29, 0.717) is 0 Å². The lowest BCUT2D eigenvalue weighted by molar-refractivity contribution is -0.383. The fraction of sp³-hybridized carbons (Fsp3) is 0.667. The number of anilines is 2. The van der Waals surface area contributed by atoms with Gasteiger partial charge in [0.05, 0.1) is 4.92 Å². The summed E-state index contributed by atoms with van der Waals surface area (Å²) in [4.78, 5) is 18.2. The molecule has 0 radical (unpaired) electrons. The van der Waals surface area contributed by atoms with Crippen LogP contribution in [0.5, 0.6) is 0 Å². The maximum absolute atomic E-state index is 11.1. The molecule has 19 heavy (non-hydrogen) atoms. The minimum atomic E-state index is -0.534. The van der Waals surface area contributed by atoms with Crippen LogP contribution < -0.4 is 11.1 Å². The van der Waals surface area contributed by atoms with Crippen molar-refractivity contribution >= 4 is 17.3 Å². The van der Waals surface area contributed by atoms with Gasteiger partial charge in [-0.3, -0.25) is 10.1 Å². The number of nitrogen functional groups attached to an aromatic ring is 1. The molecular weight excluding hydrogens is 246 g/mol. The third-order valence-corrected chi connectivity index (χ3v) is 3.85. The Kier molecular flexibility index (Phi) is 3.55. The maximum Gasteiger partial charge on any atom is 0.352 e. The number of nitrogens with zero attached hydrogens (tertiary/aromatic N) is 3. The van der Waals surface area contributed by atoms with Gasteiger partial charge in [-0.25, -0.2) is 9.97 Å². The first-order valence-electron chi connectivity index (χ1n) is 6.43. The number of nitro groups is 1. The molecule has 1 aliphatic carbocycles. The van der Waals surface area contributed by atoms with Crippen LogP contribution in [0.25, 0.3) is 0 Å². The lowest BCUT2D eigenvalue weighted by Gasteiger charge is -2.39. The third kappa shape index (κ3) is 2.74. The summed E-state index contributed by atoms with van der Waals surface area (Å²) in [5, 5.41) is 14.2. The second-order valence-electron chi connectivity index (χ2n) is 5.64. The highest BCUT2D eigenvalue weighted by Gasteiger charge is 2.34. The van der Waals surface area contributed by atoms with Gasteiger partial charge < -0.3 is 11.1 Å². The smallest absolute Gasteiger partial charge is 0.352 e. The van der Waals surface area contributed by atoms with Crippen LogP contribution in [0.1, 0.15) is 39.5 Å². The Morgan fingerprint density at radius 2 is 2.21 bits per heavy atom. The van der Waals surface area contributed by atoms with Crippen LogP contribution in [0.3, 0.4) is 0 Å². The molecule has 0 saturated heterocycles. The number of rotatable bonds is 3. The Balaban J connectivity index is 2.28. The van der Waals surface area contributed by atoms with Gasteiger partial charge in [-0.15, -0.1) is 0 Å². The first-order valence-corrected chi connectivity index (χ1v) is 6.43. The van der Waals surface area contributed by atoms with Gasteiger partial charge in [0.15, 0.2) is 0 Å². The molecule has 7 heteroatoms. The van der Waals surface area contributed by atoms with Crippen LogP contribution in [0.4, 0.5) is 17.3 Å². The summed E-state index contributed by atoms with van der Waals surface area (Å²) in [5.41, 5.74) is 5.42. The fourth-order valence-corrected chi connectivity index (χ4v) is 2.60. The number of nitrogens with two attached hydrogens (primary N) is 1. The van der Waals surface area contributed by atoms with E-state index in [1.54, 1.807) is 0 Å². The first kappa shape index (κ1) is 13.5. The van der Waals surface area contributed by atoms with Gasteiger partial charge in [0.1, 0.15) is 6.33 Å².